The highest BCUT2D eigenvalue weighted by atomic mass is 32.2. The molecule has 1 aromatic heterocycles. The van der Waals surface area contributed by atoms with Gasteiger partial charge >= 0.3 is 5.97 Å². The lowest BCUT2D eigenvalue weighted by molar-refractivity contribution is 0.0595. The number of ether oxygens (including phenoxy) is 1. The quantitative estimate of drug-likeness (QED) is 0.688. The van der Waals surface area contributed by atoms with Gasteiger partial charge < -0.3 is 4.74 Å². The number of aromatic nitrogens is 1. The molecule has 1 unspecified atom stereocenters. The van der Waals surface area contributed by atoms with Crippen LogP contribution in [0.5, 0.6) is 0 Å². The first kappa shape index (κ1) is 10.8. The zero-order valence-electron chi connectivity index (χ0n) is 7.72. The Bertz CT molecular complexity index is 331. The number of carbonyl (C=O) groups is 1. The van der Waals surface area contributed by atoms with Crippen LogP contribution in [0.25, 0.3) is 0 Å². The van der Waals surface area contributed by atoms with Crippen LogP contribution in [0.15, 0.2) is 23.4 Å². The standard InChI is InChI=1S/C8H9NO4S/c1-12-8(10)6-4-3-5-9-7(6)14(11)13-2/h3-5H,1-2H3. The SMILES string of the molecule is COC(=O)c1cccnc1S(=O)OC. The smallest absolute Gasteiger partial charge is 0.340 e. The van der Waals surface area contributed by atoms with Crippen LogP contribution in [0.1, 0.15) is 10.4 Å². The summed E-state index contributed by atoms with van der Waals surface area (Å²) in [6.45, 7) is 0. The number of nitrogens with zero attached hydrogens (tertiary/aromatic N) is 1. The summed E-state index contributed by atoms with van der Waals surface area (Å²) in [6, 6.07) is 3.04. The Morgan fingerprint density at radius 3 is 2.79 bits per heavy atom. The highest BCUT2D eigenvalue weighted by Crippen LogP contribution is 2.11. The van der Waals surface area contributed by atoms with Gasteiger partial charge in [-0.15, -0.1) is 0 Å². The molecule has 0 aliphatic rings. The second-order valence-corrected chi connectivity index (χ2v) is 3.44. The minimum absolute atomic E-state index is 0.0712. The van der Waals surface area contributed by atoms with E-state index in [1.54, 1.807) is 6.07 Å². The Balaban J connectivity index is 3.15. The van der Waals surface area contributed by atoms with Crippen molar-refractivity contribution < 1.29 is 17.9 Å². The maximum Gasteiger partial charge on any atom is 0.340 e. The Labute approximate surface area is 83.7 Å². The molecule has 0 aromatic carbocycles. The van der Waals surface area contributed by atoms with E-state index in [1.807, 2.05) is 0 Å². The Morgan fingerprint density at radius 1 is 1.50 bits per heavy atom. The maximum absolute atomic E-state index is 11.3. The fraction of sp³-hybridized carbons (Fsp3) is 0.250. The number of methoxy groups -OCH3 is 1. The zero-order valence-corrected chi connectivity index (χ0v) is 8.54. The first-order chi connectivity index (χ1) is 6.70. The third-order valence-electron chi connectivity index (χ3n) is 1.49. The molecule has 0 saturated carbocycles. The molecule has 5 nitrogen and oxygen atoms in total. The third kappa shape index (κ3) is 2.15. The average molecular weight is 215 g/mol. The second kappa shape index (κ2) is 4.83. The van der Waals surface area contributed by atoms with Crippen LogP contribution in [-0.4, -0.2) is 29.4 Å². The molecule has 0 aliphatic carbocycles. The van der Waals surface area contributed by atoms with Gasteiger partial charge in [0.25, 0.3) is 0 Å². The van der Waals surface area contributed by atoms with Gasteiger partial charge in [-0.3, -0.25) is 4.18 Å². The van der Waals surface area contributed by atoms with Gasteiger partial charge in [0.1, 0.15) is 0 Å². The van der Waals surface area contributed by atoms with Crippen molar-refractivity contribution >= 4 is 17.0 Å². The third-order valence-corrected chi connectivity index (χ3v) is 2.43. The van der Waals surface area contributed by atoms with E-state index in [1.165, 1.54) is 26.5 Å². The van der Waals surface area contributed by atoms with Crippen molar-refractivity contribution in [1.82, 2.24) is 4.98 Å². The van der Waals surface area contributed by atoms with E-state index in [-0.39, 0.29) is 10.6 Å². The van der Waals surface area contributed by atoms with Crippen LogP contribution in [-0.2, 0) is 20.0 Å². The van der Waals surface area contributed by atoms with Crippen LogP contribution in [0, 0.1) is 0 Å². The number of carbonyl (C=O) groups excluding carboxylic acids is 1. The van der Waals surface area contributed by atoms with Gasteiger partial charge in [0, 0.05) is 6.20 Å². The van der Waals surface area contributed by atoms with Gasteiger partial charge in [0.05, 0.1) is 19.8 Å². The number of hydrogen-bond donors (Lipinski definition) is 0. The minimum atomic E-state index is -1.74. The Hall–Kier alpha value is -1.27. The molecule has 6 heteroatoms. The molecule has 76 valence electrons. The van der Waals surface area contributed by atoms with Crippen molar-refractivity contribution in [3.63, 3.8) is 0 Å². The summed E-state index contributed by atoms with van der Waals surface area (Å²) in [5.41, 5.74) is 0.148. The van der Waals surface area contributed by atoms with E-state index >= 15 is 0 Å². The van der Waals surface area contributed by atoms with Crippen molar-refractivity contribution in [1.29, 1.82) is 0 Å². The van der Waals surface area contributed by atoms with Crippen LogP contribution >= 0.6 is 0 Å². The molecule has 1 aromatic rings. The van der Waals surface area contributed by atoms with Crippen LogP contribution in [0.2, 0.25) is 0 Å². The summed E-state index contributed by atoms with van der Waals surface area (Å²) in [7, 11) is 2.51. The fourth-order valence-corrected chi connectivity index (χ4v) is 1.50. The molecule has 1 heterocycles. The van der Waals surface area contributed by atoms with Gasteiger partial charge in [0.15, 0.2) is 5.03 Å². The molecule has 0 radical (unpaired) electrons. The maximum atomic E-state index is 11.3. The first-order valence-electron chi connectivity index (χ1n) is 3.70. The lowest BCUT2D eigenvalue weighted by Crippen LogP contribution is -2.09. The molecule has 1 rings (SSSR count). The molecule has 0 bridgehead atoms. The van der Waals surface area contributed by atoms with Crippen molar-refractivity contribution in [3.8, 4) is 0 Å². The summed E-state index contributed by atoms with van der Waals surface area (Å²) in [5.74, 6) is -0.585. The van der Waals surface area contributed by atoms with Gasteiger partial charge in [0.2, 0.25) is 11.1 Å². The van der Waals surface area contributed by atoms with E-state index in [0.717, 1.165) is 0 Å². The van der Waals surface area contributed by atoms with Crippen LogP contribution in [0.4, 0.5) is 0 Å². The Kier molecular flexibility index (Phi) is 3.73. The average Bonchev–Trinajstić information content (AvgIpc) is 2.27. The van der Waals surface area contributed by atoms with Crippen LogP contribution in [0.3, 0.4) is 0 Å². The molecule has 0 spiro atoms. The van der Waals surface area contributed by atoms with E-state index in [0.29, 0.717) is 0 Å². The predicted molar refractivity (Wildman–Crippen MR) is 49.0 cm³/mol. The topological polar surface area (TPSA) is 65.5 Å². The second-order valence-electron chi connectivity index (χ2n) is 2.25. The van der Waals surface area contributed by atoms with Gasteiger partial charge in [-0.05, 0) is 12.1 Å². The predicted octanol–water partition coefficient (Wildman–Crippen LogP) is 0.537. The van der Waals surface area contributed by atoms with E-state index in [4.69, 9.17) is 0 Å². The lowest BCUT2D eigenvalue weighted by atomic mass is 10.3. The van der Waals surface area contributed by atoms with E-state index in [9.17, 15) is 9.00 Å². The van der Waals surface area contributed by atoms with Gasteiger partial charge in [-0.1, -0.05) is 0 Å². The minimum Gasteiger partial charge on any atom is -0.465 e. The van der Waals surface area contributed by atoms with E-state index < -0.39 is 17.0 Å². The molecular formula is C8H9NO4S. The molecule has 0 saturated heterocycles. The lowest BCUT2D eigenvalue weighted by Gasteiger charge is -2.03. The first-order valence-corrected chi connectivity index (χ1v) is 4.77. The summed E-state index contributed by atoms with van der Waals surface area (Å²) in [5, 5.41) is 0.0712. The van der Waals surface area contributed by atoms with Crippen molar-refractivity contribution in [2.75, 3.05) is 14.2 Å². The molecule has 0 fully saturated rings. The summed E-state index contributed by atoms with van der Waals surface area (Å²) in [4.78, 5) is 15.0. The molecule has 1 atom stereocenters. The monoisotopic (exact) mass is 215 g/mol. The molecular weight excluding hydrogens is 206 g/mol. The Morgan fingerprint density at radius 2 is 2.21 bits per heavy atom. The number of esters is 1. The number of rotatable bonds is 3. The molecule has 14 heavy (non-hydrogen) atoms. The zero-order chi connectivity index (χ0) is 10.6. The fourth-order valence-electron chi connectivity index (χ4n) is 0.868. The van der Waals surface area contributed by atoms with E-state index in [2.05, 4.69) is 13.9 Å². The highest BCUT2D eigenvalue weighted by molar-refractivity contribution is 7.80. The highest BCUT2D eigenvalue weighted by Gasteiger charge is 2.17. The summed E-state index contributed by atoms with van der Waals surface area (Å²) in [6.07, 6.45) is 1.43. The van der Waals surface area contributed by atoms with Crippen molar-refractivity contribution in [2.24, 2.45) is 0 Å². The van der Waals surface area contributed by atoms with Crippen molar-refractivity contribution in [2.45, 2.75) is 5.03 Å². The number of hydrogen-bond acceptors (Lipinski definition) is 5. The van der Waals surface area contributed by atoms with Gasteiger partial charge in [-0.2, -0.15) is 0 Å². The number of pyridine rings is 1. The summed E-state index contributed by atoms with van der Waals surface area (Å²) < 4.78 is 20.3. The normalized spacial score (nSPS) is 12.1. The van der Waals surface area contributed by atoms with Crippen LogP contribution < -0.4 is 0 Å². The van der Waals surface area contributed by atoms with Crippen molar-refractivity contribution in [3.05, 3.63) is 23.9 Å². The molecule has 0 aliphatic heterocycles. The molecule has 0 amide bonds. The largest absolute Gasteiger partial charge is 0.465 e. The van der Waals surface area contributed by atoms with Gasteiger partial charge in [-0.25, -0.2) is 14.0 Å². The summed E-state index contributed by atoms with van der Waals surface area (Å²) >= 11 is -1.74. The molecule has 0 N–H and O–H groups in total.